The van der Waals surface area contributed by atoms with E-state index in [4.69, 9.17) is 0 Å². The number of benzene rings is 1. The quantitative estimate of drug-likeness (QED) is 0.739. The Hall–Kier alpha value is -1.81. The lowest BCUT2D eigenvalue weighted by molar-refractivity contribution is -0.123. The largest absolute Gasteiger partial charge is 0.358 e. The van der Waals surface area contributed by atoms with Gasteiger partial charge in [0.2, 0.25) is 5.91 Å². The lowest BCUT2D eigenvalue weighted by Crippen LogP contribution is -2.42. The Labute approximate surface area is 150 Å². The molecule has 124 valence electrons. The van der Waals surface area contributed by atoms with Crippen LogP contribution in [0.25, 0.3) is 10.9 Å². The molecular formula is C20H21BrN2O. The van der Waals surface area contributed by atoms with Crippen molar-refractivity contribution in [3.05, 3.63) is 57.7 Å². The third kappa shape index (κ3) is 2.84. The maximum atomic E-state index is 12.6. The monoisotopic (exact) mass is 384 g/mol. The molecular weight excluding hydrogens is 364 g/mol. The summed E-state index contributed by atoms with van der Waals surface area (Å²) >= 11 is 3.56. The lowest BCUT2D eigenvalue weighted by atomic mass is 9.89. The second kappa shape index (κ2) is 6.25. The van der Waals surface area contributed by atoms with E-state index in [9.17, 15) is 4.79 Å². The van der Waals surface area contributed by atoms with Gasteiger partial charge in [-0.1, -0.05) is 39.7 Å². The molecule has 0 radical (unpaired) electrons. The van der Waals surface area contributed by atoms with E-state index in [2.05, 4.69) is 56.6 Å². The van der Waals surface area contributed by atoms with Crippen molar-refractivity contribution in [2.45, 2.75) is 38.6 Å². The van der Waals surface area contributed by atoms with Crippen molar-refractivity contribution in [2.24, 2.45) is 5.92 Å². The highest BCUT2D eigenvalue weighted by molar-refractivity contribution is 9.10. The molecule has 24 heavy (non-hydrogen) atoms. The van der Waals surface area contributed by atoms with Crippen molar-refractivity contribution in [2.75, 3.05) is 0 Å². The van der Waals surface area contributed by atoms with Gasteiger partial charge in [-0.2, -0.15) is 0 Å². The number of carbonyl (C=O) groups is 1. The standard InChI is InChI=1S/C20H21BrN2O/c1-12-4-2-3-5-15(12)20(24)22-14-7-9-19-17(11-14)16-10-13(21)6-8-18(16)23-19/h3-6,8,10,14-15,23H,2,7,9,11H2,1H3,(H,22,24)/t14-,15+/m1/s1. The lowest BCUT2D eigenvalue weighted by Gasteiger charge is -2.26. The van der Waals surface area contributed by atoms with Crippen LogP contribution in [0.1, 0.15) is 31.0 Å². The van der Waals surface area contributed by atoms with Crippen molar-refractivity contribution in [1.29, 1.82) is 0 Å². The van der Waals surface area contributed by atoms with Crippen molar-refractivity contribution in [1.82, 2.24) is 10.3 Å². The van der Waals surface area contributed by atoms with Crippen LogP contribution in [0.2, 0.25) is 0 Å². The van der Waals surface area contributed by atoms with E-state index in [-0.39, 0.29) is 17.9 Å². The summed E-state index contributed by atoms with van der Waals surface area (Å²) in [5.74, 6) is 0.0337. The molecule has 1 amide bonds. The van der Waals surface area contributed by atoms with Crippen molar-refractivity contribution in [3.63, 3.8) is 0 Å². The molecule has 0 spiro atoms. The first-order valence-electron chi connectivity index (χ1n) is 8.54. The average Bonchev–Trinajstić information content (AvgIpc) is 2.92. The molecule has 2 aromatic rings. The predicted octanol–water partition coefficient (Wildman–Crippen LogP) is 4.43. The summed E-state index contributed by atoms with van der Waals surface area (Å²) in [5, 5.41) is 4.54. The molecule has 0 saturated heterocycles. The number of hydrogen-bond donors (Lipinski definition) is 2. The predicted molar refractivity (Wildman–Crippen MR) is 101 cm³/mol. The number of aromatic nitrogens is 1. The van der Waals surface area contributed by atoms with Crippen LogP contribution in [-0.2, 0) is 17.6 Å². The summed E-state index contributed by atoms with van der Waals surface area (Å²) in [6, 6.07) is 6.57. The smallest absolute Gasteiger partial charge is 0.231 e. The van der Waals surface area contributed by atoms with Crippen molar-refractivity contribution >= 4 is 32.7 Å². The van der Waals surface area contributed by atoms with Crippen LogP contribution in [0, 0.1) is 5.92 Å². The number of hydrogen-bond acceptors (Lipinski definition) is 1. The van der Waals surface area contributed by atoms with E-state index in [1.165, 1.54) is 22.2 Å². The number of halogens is 1. The minimum Gasteiger partial charge on any atom is -0.358 e. The van der Waals surface area contributed by atoms with Gasteiger partial charge in [0.1, 0.15) is 0 Å². The van der Waals surface area contributed by atoms with Gasteiger partial charge in [0.15, 0.2) is 0 Å². The number of H-pyrrole nitrogens is 1. The van der Waals surface area contributed by atoms with Gasteiger partial charge in [0.25, 0.3) is 0 Å². The fourth-order valence-electron chi connectivity index (χ4n) is 3.84. The second-order valence-electron chi connectivity index (χ2n) is 6.81. The van der Waals surface area contributed by atoms with E-state index in [0.29, 0.717) is 0 Å². The fraction of sp³-hybridized carbons (Fsp3) is 0.350. The Morgan fingerprint density at radius 3 is 3.08 bits per heavy atom. The van der Waals surface area contributed by atoms with Crippen LogP contribution in [0.5, 0.6) is 0 Å². The molecule has 4 heteroatoms. The van der Waals surface area contributed by atoms with Crippen LogP contribution in [0.4, 0.5) is 0 Å². The third-order valence-corrected chi connectivity index (χ3v) is 5.67. The Balaban J connectivity index is 1.54. The number of amides is 1. The molecule has 0 fully saturated rings. The SMILES string of the molecule is CC1=CCC=C[C@@H]1C(=O)N[C@@H]1CCc2[nH]c3ccc(Br)cc3c2C1. The van der Waals surface area contributed by atoms with Gasteiger partial charge in [0.05, 0.1) is 5.92 Å². The minimum absolute atomic E-state index is 0.0998. The van der Waals surface area contributed by atoms with Crippen LogP contribution >= 0.6 is 15.9 Å². The number of carbonyl (C=O) groups excluding carboxylic acids is 1. The molecule has 2 N–H and O–H groups in total. The van der Waals surface area contributed by atoms with Gasteiger partial charge < -0.3 is 10.3 Å². The molecule has 2 aliphatic carbocycles. The zero-order chi connectivity index (χ0) is 16.7. The van der Waals surface area contributed by atoms with E-state index < -0.39 is 0 Å². The minimum atomic E-state index is -0.0998. The zero-order valence-electron chi connectivity index (χ0n) is 13.7. The summed E-state index contributed by atoms with van der Waals surface area (Å²) in [6.07, 6.45) is 10.1. The first-order chi connectivity index (χ1) is 11.6. The number of aryl methyl sites for hydroxylation is 1. The first-order valence-corrected chi connectivity index (χ1v) is 9.34. The summed E-state index contributed by atoms with van der Waals surface area (Å²) in [7, 11) is 0. The highest BCUT2D eigenvalue weighted by Crippen LogP contribution is 2.31. The number of fused-ring (bicyclic) bond motifs is 3. The van der Waals surface area contributed by atoms with Crippen molar-refractivity contribution < 1.29 is 4.79 Å². The van der Waals surface area contributed by atoms with E-state index in [1.54, 1.807) is 0 Å². The molecule has 2 aliphatic rings. The molecule has 4 rings (SSSR count). The Bertz CT molecular complexity index is 862. The van der Waals surface area contributed by atoms with E-state index >= 15 is 0 Å². The number of aromatic amines is 1. The van der Waals surface area contributed by atoms with Gasteiger partial charge in [0, 0.05) is 27.1 Å². The maximum Gasteiger partial charge on any atom is 0.231 e. The van der Waals surface area contributed by atoms with E-state index in [1.807, 2.05) is 13.0 Å². The van der Waals surface area contributed by atoms with Gasteiger partial charge in [-0.05, 0) is 56.4 Å². The number of nitrogens with one attached hydrogen (secondary N) is 2. The van der Waals surface area contributed by atoms with Crippen LogP contribution < -0.4 is 5.32 Å². The Kier molecular flexibility index (Phi) is 4.09. The molecule has 1 aromatic carbocycles. The normalized spacial score (nSPS) is 23.0. The van der Waals surface area contributed by atoms with Crippen LogP contribution in [0.15, 0.2) is 46.5 Å². The Morgan fingerprint density at radius 2 is 2.25 bits per heavy atom. The summed E-state index contributed by atoms with van der Waals surface area (Å²) < 4.78 is 1.09. The number of rotatable bonds is 2. The van der Waals surface area contributed by atoms with Crippen LogP contribution in [-0.4, -0.2) is 16.9 Å². The summed E-state index contributed by atoms with van der Waals surface area (Å²) in [6.45, 7) is 2.05. The topological polar surface area (TPSA) is 44.9 Å². The second-order valence-corrected chi connectivity index (χ2v) is 7.73. The molecule has 3 nitrogen and oxygen atoms in total. The van der Waals surface area contributed by atoms with Gasteiger partial charge in [-0.25, -0.2) is 0 Å². The number of allylic oxidation sites excluding steroid dienone is 2. The molecule has 0 saturated carbocycles. The maximum absolute atomic E-state index is 12.6. The first kappa shape index (κ1) is 15.7. The molecule has 2 atom stereocenters. The summed E-state index contributed by atoms with van der Waals surface area (Å²) in [5.41, 5.74) is 5.02. The average molecular weight is 385 g/mol. The van der Waals surface area contributed by atoms with E-state index in [0.717, 1.165) is 35.7 Å². The molecule has 0 aliphatic heterocycles. The molecule has 1 heterocycles. The molecule has 0 unspecified atom stereocenters. The third-order valence-electron chi connectivity index (χ3n) is 5.17. The highest BCUT2D eigenvalue weighted by atomic mass is 79.9. The van der Waals surface area contributed by atoms with Crippen molar-refractivity contribution in [3.8, 4) is 0 Å². The van der Waals surface area contributed by atoms with Crippen LogP contribution in [0.3, 0.4) is 0 Å². The molecule has 1 aromatic heterocycles. The highest BCUT2D eigenvalue weighted by Gasteiger charge is 2.26. The molecule has 0 bridgehead atoms. The zero-order valence-corrected chi connectivity index (χ0v) is 15.3. The fourth-order valence-corrected chi connectivity index (χ4v) is 4.21. The summed E-state index contributed by atoms with van der Waals surface area (Å²) in [4.78, 5) is 16.2. The van der Waals surface area contributed by atoms with Gasteiger partial charge in [-0.15, -0.1) is 0 Å². The van der Waals surface area contributed by atoms with Gasteiger partial charge >= 0.3 is 0 Å². The Morgan fingerprint density at radius 1 is 1.38 bits per heavy atom. The van der Waals surface area contributed by atoms with Gasteiger partial charge in [-0.3, -0.25) is 4.79 Å².